The first kappa shape index (κ1) is 21.0. The number of hydrogen-bond donors (Lipinski definition) is 1. The van der Waals surface area contributed by atoms with E-state index in [9.17, 15) is 10.1 Å². The molecule has 2 aromatic rings. The van der Waals surface area contributed by atoms with Gasteiger partial charge in [-0.15, -0.1) is 23.1 Å². The highest BCUT2D eigenvalue weighted by Gasteiger charge is 2.41. The van der Waals surface area contributed by atoms with Crippen LogP contribution in [0.2, 0.25) is 5.02 Å². The molecule has 0 radical (unpaired) electrons. The summed E-state index contributed by atoms with van der Waals surface area (Å²) in [6.07, 6.45) is 2.01. The molecule has 2 heterocycles. The fourth-order valence-electron chi connectivity index (χ4n) is 4.28. The highest BCUT2D eigenvalue weighted by Crippen LogP contribution is 2.49. The van der Waals surface area contributed by atoms with Crippen molar-refractivity contribution >= 4 is 46.2 Å². The molecule has 4 rings (SSSR count). The average molecular weight is 456 g/mol. The molecule has 154 valence electrons. The monoisotopic (exact) mass is 455 g/mol. The zero-order valence-electron chi connectivity index (χ0n) is 16.9. The summed E-state index contributed by atoms with van der Waals surface area (Å²) in [5.74, 6) is 1.01. The number of rotatable bonds is 4. The predicted octanol–water partition coefficient (Wildman–Crippen LogP) is 6.13. The smallest absolute Gasteiger partial charge is 0.161 e. The first-order valence-electron chi connectivity index (χ1n) is 9.91. The van der Waals surface area contributed by atoms with Gasteiger partial charge in [0.1, 0.15) is 5.82 Å². The largest absolute Gasteiger partial charge is 0.384 e. The van der Waals surface area contributed by atoms with Gasteiger partial charge in [-0.2, -0.15) is 5.26 Å². The SMILES string of the molecule is CCSc1sccc1C1C(C#N)=C(N)N(c2cccc(Cl)c2C)C2=C1C(=O)CCC2. The third kappa shape index (κ3) is 3.35. The summed E-state index contributed by atoms with van der Waals surface area (Å²) < 4.78 is 1.14. The number of allylic oxidation sites excluding steroid dienone is 3. The highest BCUT2D eigenvalue weighted by atomic mass is 35.5. The van der Waals surface area contributed by atoms with Crippen LogP contribution in [-0.4, -0.2) is 11.5 Å². The Hall–Kier alpha value is -2.20. The molecule has 4 nitrogen and oxygen atoms in total. The van der Waals surface area contributed by atoms with E-state index in [4.69, 9.17) is 17.3 Å². The van der Waals surface area contributed by atoms with Crippen LogP contribution < -0.4 is 10.6 Å². The number of thioether (sulfide) groups is 1. The van der Waals surface area contributed by atoms with Gasteiger partial charge < -0.3 is 5.73 Å². The number of ketones is 1. The minimum Gasteiger partial charge on any atom is -0.384 e. The van der Waals surface area contributed by atoms with Crippen molar-refractivity contribution in [3.8, 4) is 6.07 Å². The summed E-state index contributed by atoms with van der Waals surface area (Å²) in [4.78, 5) is 15.1. The number of nitrogens with zero attached hydrogens (tertiary/aromatic N) is 2. The number of carbonyl (C=O) groups is 1. The van der Waals surface area contributed by atoms with Crippen molar-refractivity contribution in [1.29, 1.82) is 5.26 Å². The van der Waals surface area contributed by atoms with Gasteiger partial charge in [0, 0.05) is 22.7 Å². The molecule has 0 spiro atoms. The summed E-state index contributed by atoms with van der Waals surface area (Å²) in [6, 6.07) is 10.0. The minimum atomic E-state index is -0.408. The van der Waals surface area contributed by atoms with Gasteiger partial charge in [0.25, 0.3) is 0 Å². The van der Waals surface area contributed by atoms with Crippen LogP contribution in [0.15, 0.2) is 56.5 Å². The Morgan fingerprint density at radius 2 is 2.17 bits per heavy atom. The molecular formula is C23H22ClN3OS2. The molecule has 0 saturated heterocycles. The van der Waals surface area contributed by atoms with Crippen molar-refractivity contribution in [2.45, 2.75) is 43.2 Å². The number of thiophene rings is 1. The first-order chi connectivity index (χ1) is 14.5. The molecule has 1 aromatic carbocycles. The van der Waals surface area contributed by atoms with Gasteiger partial charge >= 0.3 is 0 Å². The molecular weight excluding hydrogens is 434 g/mol. The number of nitrogens with two attached hydrogens (primary N) is 1. The zero-order valence-corrected chi connectivity index (χ0v) is 19.3. The number of hydrogen-bond acceptors (Lipinski definition) is 6. The minimum absolute atomic E-state index is 0.102. The number of anilines is 1. The van der Waals surface area contributed by atoms with Gasteiger partial charge in [0.05, 0.1) is 27.5 Å². The number of halogens is 1. The summed E-state index contributed by atoms with van der Waals surface area (Å²) in [7, 11) is 0. The van der Waals surface area contributed by atoms with Gasteiger partial charge in [-0.3, -0.25) is 9.69 Å². The van der Waals surface area contributed by atoms with E-state index < -0.39 is 5.92 Å². The van der Waals surface area contributed by atoms with Crippen LogP contribution >= 0.6 is 34.7 Å². The summed E-state index contributed by atoms with van der Waals surface area (Å²) in [5.41, 5.74) is 11.4. The van der Waals surface area contributed by atoms with E-state index in [1.165, 1.54) is 0 Å². The third-order valence-electron chi connectivity index (χ3n) is 5.64. The summed E-state index contributed by atoms with van der Waals surface area (Å²) in [5, 5.41) is 12.8. The molecule has 1 atom stereocenters. The van der Waals surface area contributed by atoms with E-state index in [1.54, 1.807) is 23.1 Å². The van der Waals surface area contributed by atoms with E-state index in [-0.39, 0.29) is 5.78 Å². The maximum atomic E-state index is 13.2. The van der Waals surface area contributed by atoms with Gasteiger partial charge in [-0.25, -0.2) is 0 Å². The second-order valence-electron chi connectivity index (χ2n) is 7.30. The Morgan fingerprint density at radius 3 is 2.90 bits per heavy atom. The maximum absolute atomic E-state index is 13.2. The third-order valence-corrected chi connectivity index (χ3v) is 8.20. The number of carbonyl (C=O) groups excluding carboxylic acids is 1. The zero-order chi connectivity index (χ0) is 21.4. The number of Topliss-reactive ketones (excluding diaryl/α,β-unsaturated/α-hetero) is 1. The molecule has 1 aromatic heterocycles. The molecule has 0 fully saturated rings. The van der Waals surface area contributed by atoms with E-state index in [0.717, 1.165) is 45.3 Å². The van der Waals surface area contributed by atoms with Crippen LogP contribution in [-0.2, 0) is 4.79 Å². The number of benzene rings is 1. The fraction of sp³-hybridized carbons (Fsp3) is 0.304. The average Bonchev–Trinajstić information content (AvgIpc) is 3.18. The van der Waals surface area contributed by atoms with Crippen LogP contribution in [0, 0.1) is 18.3 Å². The Labute approximate surface area is 190 Å². The number of nitriles is 1. The van der Waals surface area contributed by atoms with Crippen molar-refractivity contribution in [1.82, 2.24) is 0 Å². The molecule has 1 aliphatic heterocycles. The van der Waals surface area contributed by atoms with Crippen LogP contribution in [0.3, 0.4) is 0 Å². The lowest BCUT2D eigenvalue weighted by atomic mass is 9.76. The molecule has 0 saturated carbocycles. The lowest BCUT2D eigenvalue weighted by Crippen LogP contribution is -2.39. The van der Waals surface area contributed by atoms with Gasteiger partial charge in [-0.05, 0) is 60.2 Å². The first-order valence-corrected chi connectivity index (χ1v) is 12.1. The van der Waals surface area contributed by atoms with E-state index in [2.05, 4.69) is 13.0 Å². The molecule has 0 bridgehead atoms. The van der Waals surface area contributed by atoms with Crippen molar-refractivity contribution in [2.75, 3.05) is 10.7 Å². The van der Waals surface area contributed by atoms with Crippen molar-refractivity contribution in [3.05, 3.63) is 68.5 Å². The van der Waals surface area contributed by atoms with Crippen molar-refractivity contribution < 1.29 is 4.79 Å². The van der Waals surface area contributed by atoms with E-state index in [1.807, 2.05) is 41.5 Å². The second-order valence-corrected chi connectivity index (χ2v) is 10.2. The van der Waals surface area contributed by atoms with Gasteiger partial charge in [-0.1, -0.05) is 24.6 Å². The Kier molecular flexibility index (Phi) is 5.97. The van der Waals surface area contributed by atoms with E-state index in [0.29, 0.717) is 28.4 Å². The standard InChI is InChI=1S/C23H22ClN3OS2/c1-3-29-23-14(10-11-30-23)20-15(12-25)22(26)27(17-7-4-6-16(24)13(17)2)18-8-5-9-19(28)21(18)20/h4,6-7,10-11,20H,3,5,8-9,26H2,1-2H3. The molecule has 1 unspecified atom stereocenters. The maximum Gasteiger partial charge on any atom is 0.161 e. The van der Waals surface area contributed by atoms with Crippen molar-refractivity contribution in [3.63, 3.8) is 0 Å². The Balaban J connectivity index is 1.99. The van der Waals surface area contributed by atoms with Crippen molar-refractivity contribution in [2.24, 2.45) is 5.73 Å². The topological polar surface area (TPSA) is 70.1 Å². The Bertz CT molecular complexity index is 1130. The van der Waals surface area contributed by atoms with Crippen LogP contribution in [0.4, 0.5) is 5.69 Å². The summed E-state index contributed by atoms with van der Waals surface area (Å²) >= 11 is 9.78. The quantitative estimate of drug-likeness (QED) is 0.561. The molecule has 2 aliphatic rings. The lowest BCUT2D eigenvalue weighted by Gasteiger charge is -2.40. The predicted molar refractivity (Wildman–Crippen MR) is 125 cm³/mol. The van der Waals surface area contributed by atoms with Gasteiger partial charge in [0.2, 0.25) is 0 Å². The van der Waals surface area contributed by atoms with Crippen LogP contribution in [0.25, 0.3) is 0 Å². The molecule has 7 heteroatoms. The van der Waals surface area contributed by atoms with Gasteiger partial charge in [0.15, 0.2) is 5.78 Å². The highest BCUT2D eigenvalue weighted by molar-refractivity contribution is 8.01. The van der Waals surface area contributed by atoms with Crippen LogP contribution in [0.5, 0.6) is 0 Å². The van der Waals surface area contributed by atoms with E-state index >= 15 is 0 Å². The molecule has 30 heavy (non-hydrogen) atoms. The molecule has 0 amide bonds. The second kappa shape index (κ2) is 8.50. The van der Waals surface area contributed by atoms with Crippen LogP contribution in [0.1, 0.15) is 43.2 Å². The lowest BCUT2D eigenvalue weighted by molar-refractivity contribution is -0.116. The fourth-order valence-corrected chi connectivity index (χ4v) is 6.52. The molecule has 1 aliphatic carbocycles. The normalized spacial score (nSPS) is 19.2. The molecule has 2 N–H and O–H groups in total. The summed E-state index contributed by atoms with van der Waals surface area (Å²) in [6.45, 7) is 4.04. The Morgan fingerprint density at radius 1 is 1.37 bits per heavy atom.